The fourth-order valence-corrected chi connectivity index (χ4v) is 0.597. The quantitative estimate of drug-likeness (QED) is 0.486. The van der Waals surface area contributed by atoms with E-state index in [4.69, 9.17) is 0 Å². The number of hydrogen-bond acceptors (Lipinski definition) is 1. The van der Waals surface area contributed by atoms with Crippen molar-refractivity contribution >= 4 is 5.78 Å². The molecule has 0 radical (unpaired) electrons. The van der Waals surface area contributed by atoms with Gasteiger partial charge in [-0.2, -0.15) is 0 Å². The molecule has 1 nitrogen and oxygen atoms in total. The van der Waals surface area contributed by atoms with E-state index >= 15 is 0 Å². The van der Waals surface area contributed by atoms with Gasteiger partial charge in [-0.15, -0.1) is 0 Å². The Morgan fingerprint density at radius 2 is 1.69 bits per heavy atom. The van der Waals surface area contributed by atoms with Crippen molar-refractivity contribution in [3.63, 3.8) is 0 Å². The van der Waals surface area contributed by atoms with E-state index in [0.29, 0.717) is 6.42 Å². The molecule has 0 heterocycles. The van der Waals surface area contributed by atoms with Crippen molar-refractivity contribution in [1.29, 1.82) is 0 Å². The summed E-state index contributed by atoms with van der Waals surface area (Å²) in [5.41, 5.74) is -0.424. The summed E-state index contributed by atoms with van der Waals surface area (Å²) in [5.74, 6) is -2.88. The van der Waals surface area contributed by atoms with Gasteiger partial charge in [-0.1, -0.05) is 20.1 Å². The maximum absolute atomic E-state index is 13.0. The monoisotopic (exact) mass is 186 g/mol. The number of halogens is 2. The minimum absolute atomic E-state index is 0.0277. The van der Waals surface area contributed by atoms with Crippen molar-refractivity contribution in [1.82, 2.24) is 0 Å². The summed E-state index contributed by atoms with van der Waals surface area (Å²) in [6.07, 6.45) is 0.296. The predicted molar refractivity (Wildman–Crippen MR) is 48.5 cm³/mol. The molecule has 72 valence electrons. The van der Waals surface area contributed by atoms with Crippen LogP contribution in [0.4, 0.5) is 8.78 Å². The van der Waals surface area contributed by atoms with Crippen LogP contribution in [-0.4, -0.2) is 5.78 Å². The second-order valence-corrected chi connectivity index (χ2v) is 2.62. The highest BCUT2D eigenvalue weighted by molar-refractivity contribution is 5.96. The minimum atomic E-state index is -1.21. The first kappa shape index (κ1) is 11.8. The Balaban J connectivity index is 4.92. The van der Waals surface area contributed by atoms with Gasteiger partial charge in [0.15, 0.2) is 17.4 Å². The molecule has 0 bridgehead atoms. The molecule has 0 rings (SSSR count). The normalized spacial score (nSPS) is 12.0. The van der Waals surface area contributed by atoms with Gasteiger partial charge in [-0.05, 0) is 18.9 Å². The molecule has 0 spiro atoms. The first-order valence-corrected chi connectivity index (χ1v) is 3.85. The Hall–Kier alpha value is -1.25. The molecule has 0 saturated carbocycles. The van der Waals surface area contributed by atoms with Crippen LogP contribution in [0.25, 0.3) is 0 Å². The Morgan fingerprint density at radius 1 is 1.23 bits per heavy atom. The number of Topliss-reactive ketones (excluding diaryl/α,β-unsaturated/α-hetero) is 1. The molecule has 0 atom stereocenters. The molecule has 0 aliphatic rings. The molecule has 13 heavy (non-hydrogen) atoms. The number of rotatable bonds is 4. The van der Waals surface area contributed by atoms with Crippen LogP contribution in [0.5, 0.6) is 0 Å². The van der Waals surface area contributed by atoms with Gasteiger partial charge in [0.2, 0.25) is 0 Å². The summed E-state index contributed by atoms with van der Waals surface area (Å²) in [6, 6.07) is 0. The van der Waals surface area contributed by atoms with E-state index in [2.05, 4.69) is 13.2 Å². The number of carbonyl (C=O) groups is 1. The lowest BCUT2D eigenvalue weighted by Gasteiger charge is -2.02. The SMILES string of the molecule is C=C(CC)/C(F)=C(/F)C(=C)C(C)=O. The average molecular weight is 186 g/mol. The smallest absolute Gasteiger partial charge is 0.169 e. The molecule has 0 aliphatic heterocycles. The zero-order chi connectivity index (χ0) is 10.6. The van der Waals surface area contributed by atoms with Crippen LogP contribution in [-0.2, 0) is 4.79 Å². The molecule has 0 aromatic heterocycles. The Bertz CT molecular complexity index is 287. The molecule has 0 aliphatic carbocycles. The van der Waals surface area contributed by atoms with Crippen LogP contribution < -0.4 is 0 Å². The van der Waals surface area contributed by atoms with Crippen molar-refractivity contribution in [3.05, 3.63) is 36.0 Å². The van der Waals surface area contributed by atoms with Gasteiger partial charge in [0.05, 0.1) is 0 Å². The van der Waals surface area contributed by atoms with Crippen LogP contribution in [0.1, 0.15) is 20.3 Å². The zero-order valence-electron chi connectivity index (χ0n) is 7.79. The molecule has 0 saturated heterocycles. The van der Waals surface area contributed by atoms with E-state index in [0.717, 1.165) is 6.92 Å². The number of allylic oxidation sites excluding steroid dienone is 4. The third-order valence-electron chi connectivity index (χ3n) is 1.62. The van der Waals surface area contributed by atoms with E-state index in [1.807, 2.05) is 0 Å². The summed E-state index contributed by atoms with van der Waals surface area (Å²) in [7, 11) is 0. The fourth-order valence-electron chi connectivity index (χ4n) is 0.597. The molecule has 0 unspecified atom stereocenters. The highest BCUT2D eigenvalue weighted by atomic mass is 19.2. The second-order valence-electron chi connectivity index (χ2n) is 2.62. The van der Waals surface area contributed by atoms with Gasteiger partial charge in [0.25, 0.3) is 0 Å². The lowest BCUT2D eigenvalue weighted by Crippen LogP contribution is -1.97. The van der Waals surface area contributed by atoms with Crippen LogP contribution in [0.3, 0.4) is 0 Å². The topological polar surface area (TPSA) is 17.1 Å². The molecular formula is C10H12F2O. The Labute approximate surface area is 76.4 Å². The Morgan fingerprint density at radius 3 is 2.00 bits per heavy atom. The minimum Gasteiger partial charge on any atom is -0.294 e. The highest BCUT2D eigenvalue weighted by Crippen LogP contribution is 2.23. The van der Waals surface area contributed by atoms with Gasteiger partial charge >= 0.3 is 0 Å². The van der Waals surface area contributed by atoms with Crippen LogP contribution in [0, 0.1) is 0 Å². The molecule has 0 fully saturated rings. The first-order valence-electron chi connectivity index (χ1n) is 3.85. The van der Waals surface area contributed by atoms with Crippen LogP contribution >= 0.6 is 0 Å². The van der Waals surface area contributed by atoms with Crippen molar-refractivity contribution in [2.75, 3.05) is 0 Å². The van der Waals surface area contributed by atoms with Crippen LogP contribution in [0.2, 0.25) is 0 Å². The van der Waals surface area contributed by atoms with E-state index in [1.165, 1.54) is 0 Å². The van der Waals surface area contributed by atoms with E-state index in [-0.39, 0.29) is 5.57 Å². The summed E-state index contributed by atoms with van der Waals surface area (Å²) >= 11 is 0. The standard InChI is InChI=1S/C10H12F2O/c1-5-6(2)9(11)10(12)7(3)8(4)13/h2-3,5H2,1,4H3/b10-9-. The van der Waals surface area contributed by atoms with Gasteiger partial charge in [0.1, 0.15) is 0 Å². The third kappa shape index (κ3) is 2.93. The zero-order valence-corrected chi connectivity index (χ0v) is 7.79. The van der Waals surface area contributed by atoms with Gasteiger partial charge in [0, 0.05) is 5.57 Å². The summed E-state index contributed by atoms with van der Waals surface area (Å²) in [5, 5.41) is 0. The largest absolute Gasteiger partial charge is 0.294 e. The third-order valence-corrected chi connectivity index (χ3v) is 1.62. The number of carbonyl (C=O) groups excluding carboxylic acids is 1. The molecule has 0 aromatic rings. The van der Waals surface area contributed by atoms with E-state index < -0.39 is 23.0 Å². The van der Waals surface area contributed by atoms with E-state index in [1.54, 1.807) is 6.92 Å². The first-order chi connectivity index (χ1) is 5.91. The fraction of sp³-hybridized carbons (Fsp3) is 0.300. The van der Waals surface area contributed by atoms with Crippen molar-refractivity contribution < 1.29 is 13.6 Å². The van der Waals surface area contributed by atoms with Crippen molar-refractivity contribution in [2.45, 2.75) is 20.3 Å². The number of ketones is 1. The highest BCUT2D eigenvalue weighted by Gasteiger charge is 2.14. The lowest BCUT2D eigenvalue weighted by atomic mass is 10.1. The predicted octanol–water partition coefficient (Wildman–Crippen LogP) is 3.25. The summed E-state index contributed by atoms with van der Waals surface area (Å²) in [6.45, 7) is 9.21. The summed E-state index contributed by atoms with van der Waals surface area (Å²) < 4.78 is 26.0. The van der Waals surface area contributed by atoms with Crippen LogP contribution in [0.15, 0.2) is 36.0 Å². The molecule has 0 N–H and O–H groups in total. The molecule has 0 aromatic carbocycles. The maximum Gasteiger partial charge on any atom is 0.169 e. The summed E-state index contributed by atoms with van der Waals surface area (Å²) in [4.78, 5) is 10.6. The average Bonchev–Trinajstić information content (AvgIpc) is 2.12. The number of hydrogen-bond donors (Lipinski definition) is 0. The molecular weight excluding hydrogens is 174 g/mol. The van der Waals surface area contributed by atoms with Gasteiger partial charge < -0.3 is 0 Å². The van der Waals surface area contributed by atoms with E-state index in [9.17, 15) is 13.6 Å². The van der Waals surface area contributed by atoms with Gasteiger partial charge in [-0.25, -0.2) is 8.78 Å². The van der Waals surface area contributed by atoms with Crippen molar-refractivity contribution in [2.24, 2.45) is 0 Å². The molecule has 3 heteroatoms. The maximum atomic E-state index is 13.0. The Kier molecular flexibility index (Phi) is 4.25. The van der Waals surface area contributed by atoms with Gasteiger partial charge in [-0.3, -0.25) is 4.79 Å². The molecule has 0 amide bonds. The lowest BCUT2D eigenvalue weighted by molar-refractivity contribution is -0.113. The van der Waals surface area contributed by atoms with Crippen molar-refractivity contribution in [3.8, 4) is 0 Å². The second kappa shape index (κ2) is 4.70.